The number of nitrogens with zero attached hydrogens (tertiary/aromatic N) is 11. The van der Waals surface area contributed by atoms with Crippen LogP contribution >= 0.6 is 0 Å². The zero-order valence-corrected chi connectivity index (χ0v) is 43.3. The van der Waals surface area contributed by atoms with E-state index in [1.54, 1.807) is 74.8 Å². The van der Waals surface area contributed by atoms with Gasteiger partial charge >= 0.3 is 5.97 Å². The zero-order chi connectivity index (χ0) is 52.5. The summed E-state index contributed by atoms with van der Waals surface area (Å²) in [5, 5.41) is 36.1. The number of aromatic nitrogens is 8. The Morgan fingerprint density at radius 2 is 0.973 bits per heavy atom. The number of fused-ring (bicyclic) bond motifs is 6. The van der Waals surface area contributed by atoms with Gasteiger partial charge < -0.3 is 49.8 Å². The lowest BCUT2D eigenvalue weighted by Crippen LogP contribution is -2.48. The molecule has 3 amide bonds. The minimum absolute atomic E-state index is 0.0244. The third kappa shape index (κ3) is 11.2. The van der Waals surface area contributed by atoms with Gasteiger partial charge in [0, 0.05) is 87.9 Å². The highest BCUT2D eigenvalue weighted by atomic mass is 16.4. The number of pyridine rings is 2. The van der Waals surface area contributed by atoms with Crippen molar-refractivity contribution in [2.75, 3.05) is 38.8 Å². The summed E-state index contributed by atoms with van der Waals surface area (Å²) in [6.45, 7) is 0. The van der Waals surface area contributed by atoms with Crippen LogP contribution in [0, 0.1) is 11.8 Å². The molecule has 75 heavy (non-hydrogen) atoms. The lowest BCUT2D eigenvalue weighted by atomic mass is 9.87. The van der Waals surface area contributed by atoms with Gasteiger partial charge in [0.1, 0.15) is 34.3 Å². The van der Waals surface area contributed by atoms with Crippen LogP contribution in [-0.4, -0.2) is 145 Å². The van der Waals surface area contributed by atoms with Gasteiger partial charge in [-0.2, -0.15) is 9.97 Å². The first-order valence-corrected chi connectivity index (χ1v) is 26.7. The van der Waals surface area contributed by atoms with Gasteiger partial charge in [0.2, 0.25) is 11.9 Å². The normalized spacial score (nSPS) is 23.1. The number of amides is 3. The second-order valence-corrected chi connectivity index (χ2v) is 21.8. The quantitative estimate of drug-likeness (QED) is 0.0868. The number of carbonyl (C=O) groups is 4. The number of aromatic carboxylic acids is 1. The summed E-state index contributed by atoms with van der Waals surface area (Å²) in [5.41, 5.74) is 3.35. The first-order valence-electron chi connectivity index (χ1n) is 26.7. The molecule has 6 atom stereocenters. The van der Waals surface area contributed by atoms with E-state index in [9.17, 15) is 29.4 Å². The van der Waals surface area contributed by atoms with E-state index < -0.39 is 5.97 Å². The number of carbonyl (C=O) groups excluding carboxylic acids is 3. The highest BCUT2D eigenvalue weighted by molar-refractivity contribution is 5.99. The number of hydrogen-bond donors (Lipinski definition) is 5. The van der Waals surface area contributed by atoms with E-state index in [-0.39, 0.29) is 59.7 Å². The van der Waals surface area contributed by atoms with Crippen molar-refractivity contribution in [3.8, 4) is 0 Å². The van der Waals surface area contributed by atoms with E-state index in [1.807, 2.05) is 21.6 Å². The van der Waals surface area contributed by atoms with Crippen molar-refractivity contribution in [2.45, 2.75) is 146 Å². The average molecular weight is 1020 g/mol. The van der Waals surface area contributed by atoms with E-state index in [0.717, 1.165) is 105 Å². The SMILES string of the molecule is CN(C)C(=O)c1cc2cnc(Nc3ccc(C(=O)N4C5CC[C@@H]4CC(O)C5)cn3)nc2n1C1CCCC1.CN(C)C(=O)c1cc2cnc(Nc3ccc(C(=O)O)cn3)nc2n1C1CCCC1.OC1C[C@H]2CC[C@@H](C1)C2. The minimum atomic E-state index is -1.03. The Hall–Kier alpha value is -7.06. The third-order valence-corrected chi connectivity index (χ3v) is 16.1. The molecule has 0 aromatic carbocycles. The molecule has 3 unspecified atom stereocenters. The fraction of sp³-hybridized carbons (Fsp3) is 0.527. The van der Waals surface area contributed by atoms with Crippen molar-refractivity contribution in [3.63, 3.8) is 0 Å². The molecule has 4 saturated carbocycles. The molecule has 4 aliphatic carbocycles. The molecule has 20 nitrogen and oxygen atoms in total. The predicted molar refractivity (Wildman–Crippen MR) is 282 cm³/mol. The number of hydrogen-bond acceptors (Lipinski definition) is 14. The minimum Gasteiger partial charge on any atom is -0.478 e. The van der Waals surface area contributed by atoms with E-state index in [0.29, 0.717) is 59.0 Å². The topological polar surface area (TPSA) is 250 Å². The van der Waals surface area contributed by atoms with Crippen molar-refractivity contribution in [1.29, 1.82) is 0 Å². The predicted octanol–water partition coefficient (Wildman–Crippen LogP) is 8.16. The number of carboxylic acid groups (broad SMARTS) is 1. The molecule has 5 N–H and O–H groups in total. The number of anilines is 4. The van der Waals surface area contributed by atoms with Crippen LogP contribution in [0.15, 0.2) is 61.2 Å². The standard InChI is InChI=1S/C27H33N7O3.C20H22N6O3.C8H14O/c1-32(2)26(37)22-11-17-15-29-27(31-24(17)34(22)18-5-3-4-6-18)30-23-10-7-16(14-28-23)25(36)33-19-8-9-20(33)13-21(35)12-19;1-25(2)18(27)15-9-13-11-22-20(23-16-8-7-12(10-21-16)19(28)29)24-17(13)26(15)14-5-3-4-6-14;9-8-4-6-1-2-7(3-6)5-8/h7,10-11,14-15,18-21,35H,3-6,8-9,12-13H2,1-2H3,(H,28,29,30,31);7-11,14H,3-6H2,1-2H3,(H,28,29)(H,21,22,23,24);6-9H,1-5H2/t19-,20?,21?;;6-,7+,8?/m1../s1. The molecule has 6 fully saturated rings. The van der Waals surface area contributed by atoms with E-state index in [4.69, 9.17) is 10.1 Å². The number of aliphatic hydroxyl groups excluding tert-OH is 2. The third-order valence-electron chi connectivity index (χ3n) is 16.1. The smallest absolute Gasteiger partial charge is 0.337 e. The van der Waals surface area contributed by atoms with Crippen LogP contribution in [0.1, 0.15) is 163 Å². The summed E-state index contributed by atoms with van der Waals surface area (Å²) in [6, 6.07) is 11.0. The van der Waals surface area contributed by atoms with Gasteiger partial charge in [0.25, 0.3) is 17.7 Å². The van der Waals surface area contributed by atoms with Gasteiger partial charge in [0.15, 0.2) is 0 Å². The summed E-state index contributed by atoms with van der Waals surface area (Å²) < 4.78 is 4.12. The van der Waals surface area contributed by atoms with Crippen LogP contribution in [0.2, 0.25) is 0 Å². The largest absolute Gasteiger partial charge is 0.478 e. The van der Waals surface area contributed by atoms with Gasteiger partial charge in [0.05, 0.1) is 23.3 Å². The van der Waals surface area contributed by atoms with Gasteiger partial charge in [-0.15, -0.1) is 0 Å². The Labute approximate surface area is 436 Å². The van der Waals surface area contributed by atoms with Crippen molar-refractivity contribution >= 4 is 69.3 Å². The van der Waals surface area contributed by atoms with Crippen LogP contribution in [-0.2, 0) is 0 Å². The molecule has 6 aromatic heterocycles. The maximum atomic E-state index is 13.2. The number of aliphatic hydroxyl groups is 2. The Morgan fingerprint density at radius 3 is 1.39 bits per heavy atom. The van der Waals surface area contributed by atoms with Crippen molar-refractivity contribution in [3.05, 3.63) is 83.7 Å². The second kappa shape index (κ2) is 22.0. The van der Waals surface area contributed by atoms with Gasteiger partial charge in [-0.1, -0.05) is 38.5 Å². The lowest BCUT2D eigenvalue weighted by Gasteiger charge is -2.37. The van der Waals surface area contributed by atoms with E-state index >= 15 is 0 Å². The maximum absolute atomic E-state index is 13.2. The number of nitrogens with one attached hydrogen (secondary N) is 2. The molecule has 0 spiro atoms. The Balaban J connectivity index is 0.000000149. The van der Waals surface area contributed by atoms with Gasteiger partial charge in [-0.3, -0.25) is 14.4 Å². The molecule has 8 heterocycles. The number of piperidine rings is 1. The molecule has 2 saturated heterocycles. The van der Waals surface area contributed by atoms with Gasteiger partial charge in [-0.25, -0.2) is 24.7 Å². The zero-order valence-electron chi connectivity index (χ0n) is 43.3. The number of carboxylic acids is 1. The monoisotopic (exact) mass is 1020 g/mol. The number of rotatable bonds is 10. The lowest BCUT2D eigenvalue weighted by molar-refractivity contribution is 0.0286. The van der Waals surface area contributed by atoms with Gasteiger partial charge in [-0.05, 0) is 119 Å². The first kappa shape index (κ1) is 51.4. The van der Waals surface area contributed by atoms with Crippen LogP contribution in [0.25, 0.3) is 22.1 Å². The van der Waals surface area contributed by atoms with Crippen molar-refractivity contribution in [2.24, 2.45) is 11.8 Å². The fourth-order valence-corrected chi connectivity index (χ4v) is 12.5. The molecule has 4 bridgehead atoms. The summed E-state index contributed by atoms with van der Waals surface area (Å²) in [7, 11) is 7.00. The molecule has 0 radical (unpaired) electrons. The first-order chi connectivity index (χ1) is 36.2. The Bertz CT molecular complexity index is 3010. The highest BCUT2D eigenvalue weighted by Crippen LogP contribution is 2.42. The summed E-state index contributed by atoms with van der Waals surface area (Å²) in [4.78, 5) is 81.7. The Kier molecular flexibility index (Phi) is 15.1. The van der Waals surface area contributed by atoms with Crippen LogP contribution in [0.3, 0.4) is 0 Å². The van der Waals surface area contributed by atoms with Crippen LogP contribution in [0.5, 0.6) is 0 Å². The molecule has 6 aliphatic rings. The molecule has 20 heteroatoms. The molecular weight excluding hydrogens is 955 g/mol. The Morgan fingerprint density at radius 1 is 0.533 bits per heavy atom. The van der Waals surface area contributed by atoms with Crippen molar-refractivity contribution in [1.82, 2.24) is 53.7 Å². The molecular formula is C55H69N13O7. The van der Waals surface area contributed by atoms with Crippen LogP contribution < -0.4 is 10.6 Å². The van der Waals surface area contributed by atoms with Crippen molar-refractivity contribution < 1.29 is 34.5 Å². The summed E-state index contributed by atoms with van der Waals surface area (Å²) >= 11 is 0. The highest BCUT2D eigenvalue weighted by Gasteiger charge is 2.43. The average Bonchev–Trinajstić information content (AvgIpc) is 4.28. The molecule has 12 rings (SSSR count). The summed E-state index contributed by atoms with van der Waals surface area (Å²) in [5.74, 6) is 2.33. The molecule has 2 aliphatic heterocycles. The second-order valence-electron chi connectivity index (χ2n) is 21.8. The van der Waals surface area contributed by atoms with E-state index in [2.05, 4.69) is 40.1 Å². The molecule has 6 aromatic rings. The molecule has 396 valence electrons. The van der Waals surface area contributed by atoms with Crippen LogP contribution in [0.4, 0.5) is 23.5 Å². The fourth-order valence-electron chi connectivity index (χ4n) is 12.5. The van der Waals surface area contributed by atoms with E-state index in [1.165, 1.54) is 31.5 Å². The summed E-state index contributed by atoms with van der Waals surface area (Å²) in [6.07, 6.45) is 24.3. The maximum Gasteiger partial charge on any atom is 0.337 e.